The number of thiazole rings is 1. The average Bonchev–Trinajstić information content (AvgIpc) is 2.76. The zero-order valence-electron chi connectivity index (χ0n) is 10.4. The van der Waals surface area contributed by atoms with Crippen molar-refractivity contribution in [2.24, 2.45) is 5.92 Å². The van der Waals surface area contributed by atoms with Crippen LogP contribution in [-0.4, -0.2) is 17.6 Å². The standard InChI is InChI=1S/C14H18N2S/c1-10-6-5-9-16(11(10)2)14-15-12-7-3-4-8-13(12)17-14/h3-4,7-8,10-11H,5-6,9H2,1-2H3/t10-,11+/m0/s1. The van der Waals surface area contributed by atoms with Gasteiger partial charge in [-0.1, -0.05) is 30.4 Å². The minimum absolute atomic E-state index is 0.615. The summed E-state index contributed by atoms with van der Waals surface area (Å²) in [6.07, 6.45) is 2.64. The fourth-order valence-electron chi connectivity index (χ4n) is 2.59. The molecule has 2 nitrogen and oxygen atoms in total. The monoisotopic (exact) mass is 246 g/mol. The number of hydrogen-bond acceptors (Lipinski definition) is 3. The van der Waals surface area contributed by atoms with Gasteiger partial charge in [-0.3, -0.25) is 0 Å². The van der Waals surface area contributed by atoms with E-state index in [2.05, 4.69) is 43.0 Å². The Bertz CT molecular complexity index is 487. The number of hydrogen-bond donors (Lipinski definition) is 0. The summed E-state index contributed by atoms with van der Waals surface area (Å²) in [5.74, 6) is 0.774. The van der Waals surface area contributed by atoms with Crippen LogP contribution in [0.1, 0.15) is 26.7 Å². The molecule has 0 saturated carbocycles. The van der Waals surface area contributed by atoms with Crippen LogP contribution in [0.15, 0.2) is 24.3 Å². The van der Waals surface area contributed by atoms with Gasteiger partial charge in [0.05, 0.1) is 10.2 Å². The molecule has 0 N–H and O–H groups in total. The molecule has 3 rings (SSSR count). The predicted octanol–water partition coefficient (Wildman–Crippen LogP) is 3.92. The molecule has 0 spiro atoms. The first-order valence-corrected chi connectivity index (χ1v) is 7.19. The lowest BCUT2D eigenvalue weighted by atomic mass is 9.93. The molecule has 3 heteroatoms. The molecule has 0 radical (unpaired) electrons. The van der Waals surface area contributed by atoms with Crippen molar-refractivity contribution in [2.75, 3.05) is 11.4 Å². The molecule has 0 amide bonds. The van der Waals surface area contributed by atoms with Gasteiger partial charge in [0.1, 0.15) is 0 Å². The number of nitrogens with zero attached hydrogens (tertiary/aromatic N) is 2. The zero-order chi connectivity index (χ0) is 11.8. The summed E-state index contributed by atoms with van der Waals surface area (Å²) in [4.78, 5) is 7.25. The summed E-state index contributed by atoms with van der Waals surface area (Å²) >= 11 is 1.82. The Morgan fingerprint density at radius 2 is 2.12 bits per heavy atom. The molecule has 90 valence electrons. The summed E-state index contributed by atoms with van der Waals surface area (Å²) < 4.78 is 1.30. The van der Waals surface area contributed by atoms with Gasteiger partial charge in [0.25, 0.3) is 0 Å². The second-order valence-electron chi connectivity index (χ2n) is 5.02. The summed E-state index contributed by atoms with van der Waals surface area (Å²) in [6, 6.07) is 9.03. The first-order valence-electron chi connectivity index (χ1n) is 6.38. The molecule has 2 heterocycles. The molecule has 2 aromatic rings. The van der Waals surface area contributed by atoms with Crippen molar-refractivity contribution in [3.05, 3.63) is 24.3 Å². The van der Waals surface area contributed by atoms with Gasteiger partial charge < -0.3 is 4.90 Å². The van der Waals surface area contributed by atoms with Gasteiger partial charge in [0, 0.05) is 12.6 Å². The number of anilines is 1. The molecule has 0 aliphatic carbocycles. The molecule has 1 fully saturated rings. The summed E-state index contributed by atoms with van der Waals surface area (Å²) in [7, 11) is 0. The van der Waals surface area contributed by atoms with E-state index in [9.17, 15) is 0 Å². The lowest BCUT2D eigenvalue weighted by Gasteiger charge is -2.37. The van der Waals surface area contributed by atoms with Gasteiger partial charge in [0.15, 0.2) is 5.13 Å². The minimum Gasteiger partial charge on any atom is -0.345 e. The zero-order valence-corrected chi connectivity index (χ0v) is 11.2. The fraction of sp³-hybridized carbons (Fsp3) is 0.500. The van der Waals surface area contributed by atoms with Crippen LogP contribution < -0.4 is 4.90 Å². The molecule has 2 atom stereocenters. The molecule has 0 bridgehead atoms. The second-order valence-corrected chi connectivity index (χ2v) is 6.03. The number of piperidine rings is 1. The van der Waals surface area contributed by atoms with E-state index in [1.54, 1.807) is 0 Å². The van der Waals surface area contributed by atoms with E-state index in [0.29, 0.717) is 6.04 Å². The molecular formula is C14H18N2S. The first-order chi connectivity index (χ1) is 8.25. The molecule has 1 aromatic heterocycles. The number of benzene rings is 1. The van der Waals surface area contributed by atoms with Crippen molar-refractivity contribution in [3.8, 4) is 0 Å². The van der Waals surface area contributed by atoms with Crippen LogP contribution in [0.3, 0.4) is 0 Å². The molecular weight excluding hydrogens is 228 g/mol. The van der Waals surface area contributed by atoms with Crippen molar-refractivity contribution in [1.29, 1.82) is 0 Å². The largest absolute Gasteiger partial charge is 0.345 e. The van der Waals surface area contributed by atoms with Gasteiger partial charge in [0.2, 0.25) is 0 Å². The Kier molecular flexibility index (Phi) is 2.79. The Morgan fingerprint density at radius 1 is 1.29 bits per heavy atom. The maximum absolute atomic E-state index is 4.77. The van der Waals surface area contributed by atoms with Crippen molar-refractivity contribution in [3.63, 3.8) is 0 Å². The van der Waals surface area contributed by atoms with E-state index >= 15 is 0 Å². The normalized spacial score (nSPS) is 25.4. The Labute approximate surface area is 106 Å². The number of aromatic nitrogens is 1. The van der Waals surface area contributed by atoms with Crippen molar-refractivity contribution < 1.29 is 0 Å². The highest BCUT2D eigenvalue weighted by molar-refractivity contribution is 7.22. The van der Waals surface area contributed by atoms with Gasteiger partial charge >= 0.3 is 0 Å². The first kappa shape index (κ1) is 11.0. The quantitative estimate of drug-likeness (QED) is 0.758. The van der Waals surface area contributed by atoms with Crippen LogP contribution in [0.5, 0.6) is 0 Å². The molecule has 1 aliphatic heterocycles. The van der Waals surface area contributed by atoms with E-state index in [4.69, 9.17) is 4.98 Å². The maximum Gasteiger partial charge on any atom is 0.186 e. The molecule has 0 unspecified atom stereocenters. The molecule has 1 aliphatic rings. The average molecular weight is 246 g/mol. The summed E-state index contributed by atoms with van der Waals surface area (Å²) in [6.45, 7) is 5.84. The third-order valence-electron chi connectivity index (χ3n) is 3.90. The van der Waals surface area contributed by atoms with Crippen molar-refractivity contribution in [2.45, 2.75) is 32.7 Å². The number of rotatable bonds is 1. The van der Waals surface area contributed by atoms with E-state index in [0.717, 1.165) is 18.0 Å². The minimum atomic E-state index is 0.615. The van der Waals surface area contributed by atoms with Crippen LogP contribution >= 0.6 is 11.3 Å². The SMILES string of the molecule is C[C@@H]1[C@@H](C)CCCN1c1nc2ccccc2s1. The number of fused-ring (bicyclic) bond motifs is 1. The van der Waals surface area contributed by atoms with Crippen LogP contribution in [0.25, 0.3) is 10.2 Å². The van der Waals surface area contributed by atoms with E-state index in [-0.39, 0.29) is 0 Å². The lowest BCUT2D eigenvalue weighted by Crippen LogP contribution is -2.42. The Hall–Kier alpha value is -1.09. The molecule has 1 saturated heterocycles. The van der Waals surface area contributed by atoms with Gasteiger partial charge in [-0.2, -0.15) is 0 Å². The van der Waals surface area contributed by atoms with E-state index in [1.807, 2.05) is 11.3 Å². The van der Waals surface area contributed by atoms with Gasteiger partial charge in [-0.25, -0.2) is 4.98 Å². The van der Waals surface area contributed by atoms with Crippen molar-refractivity contribution >= 4 is 26.7 Å². The third-order valence-corrected chi connectivity index (χ3v) is 4.98. The van der Waals surface area contributed by atoms with E-state index < -0.39 is 0 Å². The van der Waals surface area contributed by atoms with E-state index in [1.165, 1.54) is 22.7 Å². The van der Waals surface area contributed by atoms with Crippen LogP contribution in [0.4, 0.5) is 5.13 Å². The Morgan fingerprint density at radius 3 is 2.94 bits per heavy atom. The highest BCUT2D eigenvalue weighted by atomic mass is 32.1. The smallest absolute Gasteiger partial charge is 0.186 e. The summed E-state index contributed by atoms with van der Waals surface area (Å²) in [5, 5.41) is 1.20. The highest BCUT2D eigenvalue weighted by Gasteiger charge is 2.26. The van der Waals surface area contributed by atoms with Crippen LogP contribution in [0, 0.1) is 5.92 Å². The van der Waals surface area contributed by atoms with Crippen LogP contribution in [-0.2, 0) is 0 Å². The van der Waals surface area contributed by atoms with Crippen molar-refractivity contribution in [1.82, 2.24) is 4.98 Å². The topological polar surface area (TPSA) is 16.1 Å². The van der Waals surface area contributed by atoms with Gasteiger partial charge in [-0.05, 0) is 37.8 Å². The second kappa shape index (κ2) is 4.30. The fourth-order valence-corrected chi connectivity index (χ4v) is 3.67. The maximum atomic E-state index is 4.77. The molecule has 17 heavy (non-hydrogen) atoms. The lowest BCUT2D eigenvalue weighted by molar-refractivity contribution is 0.363. The Balaban J connectivity index is 1.97. The highest BCUT2D eigenvalue weighted by Crippen LogP contribution is 2.34. The summed E-state index contributed by atoms with van der Waals surface area (Å²) in [5.41, 5.74) is 1.14. The van der Waals surface area contributed by atoms with Crippen LogP contribution in [0.2, 0.25) is 0 Å². The molecule has 1 aromatic carbocycles. The van der Waals surface area contributed by atoms with Gasteiger partial charge in [-0.15, -0.1) is 0 Å². The third kappa shape index (κ3) is 1.93. The predicted molar refractivity (Wildman–Crippen MR) is 74.8 cm³/mol. The number of para-hydroxylation sites is 1.